The third kappa shape index (κ3) is 2.30. The van der Waals surface area contributed by atoms with Crippen LogP contribution >= 0.6 is 43.2 Å². The molecular formula is C8H10Br2S. The van der Waals surface area contributed by atoms with Crippen LogP contribution in [0.5, 0.6) is 0 Å². The van der Waals surface area contributed by atoms with Gasteiger partial charge in [0.25, 0.3) is 0 Å². The van der Waals surface area contributed by atoms with Crippen molar-refractivity contribution in [2.24, 2.45) is 0 Å². The molecule has 0 atom stereocenters. The predicted molar refractivity (Wildman–Crippen MR) is 58.4 cm³/mol. The van der Waals surface area contributed by atoms with Gasteiger partial charge in [0.05, 0.1) is 3.79 Å². The maximum absolute atomic E-state index is 3.48. The van der Waals surface area contributed by atoms with E-state index in [2.05, 4.69) is 58.7 Å². The summed E-state index contributed by atoms with van der Waals surface area (Å²) in [7, 11) is 0. The third-order valence-electron chi connectivity index (χ3n) is 1.38. The van der Waals surface area contributed by atoms with Crippen molar-refractivity contribution in [3.8, 4) is 0 Å². The van der Waals surface area contributed by atoms with Gasteiger partial charge in [0, 0.05) is 9.35 Å². The number of hydrogen-bond donors (Lipinski definition) is 0. The van der Waals surface area contributed by atoms with Crippen molar-refractivity contribution in [3.63, 3.8) is 0 Å². The van der Waals surface area contributed by atoms with Crippen LogP contribution in [0, 0.1) is 0 Å². The second-order valence-corrected chi connectivity index (χ2v) is 6.71. The normalized spacial score (nSPS) is 12.1. The largest absolute Gasteiger partial charge is 0.132 e. The van der Waals surface area contributed by atoms with Crippen LogP contribution in [-0.4, -0.2) is 0 Å². The highest BCUT2D eigenvalue weighted by Crippen LogP contribution is 2.38. The van der Waals surface area contributed by atoms with Gasteiger partial charge in [-0.15, -0.1) is 11.3 Å². The summed E-state index contributed by atoms with van der Waals surface area (Å²) < 4.78 is 2.34. The third-order valence-corrected chi connectivity index (χ3v) is 5.07. The molecule has 0 amide bonds. The van der Waals surface area contributed by atoms with Crippen LogP contribution in [0.4, 0.5) is 0 Å². The van der Waals surface area contributed by atoms with E-state index < -0.39 is 0 Å². The highest BCUT2D eigenvalue weighted by Gasteiger charge is 2.17. The Morgan fingerprint density at radius 1 is 1.27 bits per heavy atom. The molecule has 0 aliphatic heterocycles. The molecule has 0 aromatic carbocycles. The molecule has 1 aromatic heterocycles. The van der Waals surface area contributed by atoms with E-state index in [1.165, 1.54) is 8.66 Å². The van der Waals surface area contributed by atoms with Gasteiger partial charge in [-0.1, -0.05) is 20.8 Å². The Bertz CT molecular complexity index is 238. The first-order chi connectivity index (χ1) is 4.91. The summed E-state index contributed by atoms with van der Waals surface area (Å²) in [4.78, 5) is 1.40. The molecule has 0 saturated heterocycles. The molecule has 0 unspecified atom stereocenters. The maximum atomic E-state index is 3.48. The van der Waals surface area contributed by atoms with E-state index in [9.17, 15) is 0 Å². The minimum absolute atomic E-state index is 0.263. The highest BCUT2D eigenvalue weighted by atomic mass is 79.9. The average Bonchev–Trinajstić information content (AvgIpc) is 2.11. The molecular weight excluding hydrogens is 288 g/mol. The number of thiophene rings is 1. The lowest BCUT2D eigenvalue weighted by Crippen LogP contribution is -2.07. The van der Waals surface area contributed by atoms with E-state index >= 15 is 0 Å². The lowest BCUT2D eigenvalue weighted by atomic mass is 9.95. The van der Waals surface area contributed by atoms with Gasteiger partial charge in [-0.05, 0) is 43.3 Å². The molecule has 1 aromatic rings. The number of rotatable bonds is 0. The fourth-order valence-electron chi connectivity index (χ4n) is 0.716. The van der Waals surface area contributed by atoms with Crippen molar-refractivity contribution in [3.05, 3.63) is 19.2 Å². The van der Waals surface area contributed by atoms with E-state index in [1.807, 2.05) is 0 Å². The summed E-state index contributed by atoms with van der Waals surface area (Å²) >= 11 is 8.74. The molecule has 0 aliphatic rings. The van der Waals surface area contributed by atoms with Crippen molar-refractivity contribution in [2.75, 3.05) is 0 Å². The quantitative estimate of drug-likeness (QED) is 0.658. The van der Waals surface area contributed by atoms with Crippen LogP contribution in [0.1, 0.15) is 25.6 Å². The number of hydrogen-bond acceptors (Lipinski definition) is 1. The predicted octanol–water partition coefficient (Wildman–Crippen LogP) is 4.57. The molecule has 0 aliphatic carbocycles. The first-order valence-electron chi connectivity index (χ1n) is 3.36. The molecule has 62 valence electrons. The van der Waals surface area contributed by atoms with Crippen molar-refractivity contribution < 1.29 is 0 Å². The fraction of sp³-hybridized carbons (Fsp3) is 0.500. The van der Waals surface area contributed by atoms with Crippen molar-refractivity contribution >= 4 is 43.2 Å². The molecule has 0 saturated carbocycles. The fourth-order valence-corrected chi connectivity index (χ4v) is 2.81. The summed E-state index contributed by atoms with van der Waals surface area (Å²) in [5.74, 6) is 0. The van der Waals surface area contributed by atoms with Gasteiger partial charge in [0.15, 0.2) is 0 Å². The zero-order valence-electron chi connectivity index (χ0n) is 6.74. The van der Waals surface area contributed by atoms with Gasteiger partial charge in [-0.3, -0.25) is 0 Å². The lowest BCUT2D eigenvalue weighted by Gasteiger charge is -2.14. The molecule has 0 radical (unpaired) electrons. The van der Waals surface area contributed by atoms with Crippen molar-refractivity contribution in [1.29, 1.82) is 0 Å². The summed E-state index contributed by atoms with van der Waals surface area (Å²) in [6.45, 7) is 6.66. The molecule has 1 heterocycles. The van der Waals surface area contributed by atoms with Crippen LogP contribution in [0.2, 0.25) is 0 Å². The van der Waals surface area contributed by atoms with Crippen LogP contribution < -0.4 is 0 Å². The lowest BCUT2D eigenvalue weighted by molar-refractivity contribution is 0.604. The zero-order valence-corrected chi connectivity index (χ0v) is 10.7. The Morgan fingerprint density at radius 2 is 1.82 bits per heavy atom. The van der Waals surface area contributed by atoms with Gasteiger partial charge < -0.3 is 0 Å². The van der Waals surface area contributed by atoms with Gasteiger partial charge in [-0.25, -0.2) is 0 Å². The van der Waals surface area contributed by atoms with E-state index in [1.54, 1.807) is 11.3 Å². The van der Waals surface area contributed by atoms with Crippen LogP contribution in [0.15, 0.2) is 14.3 Å². The smallest absolute Gasteiger partial charge is 0.0843 e. The molecule has 0 bridgehead atoms. The van der Waals surface area contributed by atoms with Gasteiger partial charge in [0.2, 0.25) is 0 Å². The Labute approximate surface area is 88.3 Å². The monoisotopic (exact) mass is 296 g/mol. The second-order valence-electron chi connectivity index (χ2n) is 3.48. The van der Waals surface area contributed by atoms with Crippen molar-refractivity contribution in [2.45, 2.75) is 26.2 Å². The Kier molecular flexibility index (Phi) is 2.83. The van der Waals surface area contributed by atoms with Crippen LogP contribution in [0.3, 0.4) is 0 Å². The zero-order chi connectivity index (χ0) is 8.65. The van der Waals surface area contributed by atoms with E-state index in [0.717, 1.165) is 4.47 Å². The summed E-state index contributed by atoms with van der Waals surface area (Å²) in [5.41, 5.74) is 0.263. The van der Waals surface area contributed by atoms with Crippen LogP contribution in [-0.2, 0) is 5.41 Å². The topological polar surface area (TPSA) is 0 Å². The molecule has 1 rings (SSSR count). The Balaban J connectivity index is 3.08. The standard InChI is InChI=1S/C8H10Br2S/c1-8(2,3)6-4-5(9)7(10)11-6/h4H,1-3H3. The summed E-state index contributed by atoms with van der Waals surface area (Å²) in [6, 6.07) is 2.18. The van der Waals surface area contributed by atoms with Gasteiger partial charge in [-0.2, -0.15) is 0 Å². The molecule has 0 spiro atoms. The second kappa shape index (κ2) is 3.19. The van der Waals surface area contributed by atoms with Gasteiger partial charge in [0.1, 0.15) is 0 Å². The van der Waals surface area contributed by atoms with E-state index in [-0.39, 0.29) is 5.41 Å². The summed E-state index contributed by atoms with van der Waals surface area (Å²) in [5, 5.41) is 0. The average molecular weight is 298 g/mol. The SMILES string of the molecule is CC(C)(C)c1cc(Br)c(Br)s1. The minimum Gasteiger partial charge on any atom is -0.132 e. The molecule has 11 heavy (non-hydrogen) atoms. The molecule has 0 N–H and O–H groups in total. The Morgan fingerprint density at radius 3 is 2.00 bits per heavy atom. The van der Waals surface area contributed by atoms with Crippen LogP contribution in [0.25, 0.3) is 0 Å². The molecule has 3 heteroatoms. The van der Waals surface area contributed by atoms with E-state index in [4.69, 9.17) is 0 Å². The molecule has 0 fully saturated rings. The first-order valence-corrected chi connectivity index (χ1v) is 5.77. The number of halogens is 2. The summed E-state index contributed by atoms with van der Waals surface area (Å²) in [6.07, 6.45) is 0. The first kappa shape index (κ1) is 9.75. The highest BCUT2D eigenvalue weighted by molar-refractivity contribution is 9.13. The minimum atomic E-state index is 0.263. The van der Waals surface area contributed by atoms with Gasteiger partial charge >= 0.3 is 0 Å². The molecule has 0 nitrogen and oxygen atoms in total. The Hall–Kier alpha value is 0.660. The van der Waals surface area contributed by atoms with E-state index in [0.29, 0.717) is 0 Å². The maximum Gasteiger partial charge on any atom is 0.0843 e. The van der Waals surface area contributed by atoms with Crippen molar-refractivity contribution in [1.82, 2.24) is 0 Å².